The molecule has 0 radical (unpaired) electrons. The minimum atomic E-state index is -0.0757. The van der Waals surface area contributed by atoms with Crippen molar-refractivity contribution in [2.45, 2.75) is 19.3 Å². The van der Waals surface area contributed by atoms with Gasteiger partial charge in [-0.25, -0.2) is 0 Å². The molecule has 0 fully saturated rings. The average molecular weight is 729 g/mol. The lowest BCUT2D eigenvalue weighted by atomic mass is 9.80. The third-order valence-electron chi connectivity index (χ3n) is 12.2. The van der Waals surface area contributed by atoms with Gasteiger partial charge in [0.25, 0.3) is 0 Å². The highest BCUT2D eigenvalue weighted by Gasteiger charge is 2.37. The van der Waals surface area contributed by atoms with Crippen LogP contribution in [0.15, 0.2) is 206 Å². The number of hydrogen-bond acceptors (Lipinski definition) is 1. The highest BCUT2D eigenvalue weighted by molar-refractivity contribution is 6.11. The first-order chi connectivity index (χ1) is 28.0. The number of hydrogen-bond donors (Lipinski definition) is 0. The maximum absolute atomic E-state index is 2.46. The Morgan fingerprint density at radius 2 is 0.912 bits per heavy atom. The van der Waals surface area contributed by atoms with Crippen LogP contribution in [-0.4, -0.2) is 4.57 Å². The number of fused-ring (bicyclic) bond motifs is 8. The van der Waals surface area contributed by atoms with Gasteiger partial charge in [0, 0.05) is 38.9 Å². The highest BCUT2D eigenvalue weighted by Crippen LogP contribution is 2.53. The van der Waals surface area contributed by atoms with Crippen LogP contribution in [0.4, 0.5) is 17.1 Å². The summed E-state index contributed by atoms with van der Waals surface area (Å²) in [5.74, 6) is 0. The van der Waals surface area contributed by atoms with Crippen molar-refractivity contribution < 1.29 is 0 Å². The molecule has 0 atom stereocenters. The molecule has 57 heavy (non-hydrogen) atoms. The molecule has 11 rings (SSSR count). The molecule has 0 bridgehead atoms. The zero-order valence-corrected chi connectivity index (χ0v) is 32.0. The third-order valence-corrected chi connectivity index (χ3v) is 12.2. The van der Waals surface area contributed by atoms with Crippen molar-refractivity contribution in [3.05, 3.63) is 217 Å². The lowest BCUT2D eigenvalue weighted by molar-refractivity contribution is 0.661. The van der Waals surface area contributed by atoms with E-state index in [-0.39, 0.29) is 5.41 Å². The average Bonchev–Trinajstić information content (AvgIpc) is 3.72. The van der Waals surface area contributed by atoms with Crippen molar-refractivity contribution in [1.29, 1.82) is 0 Å². The number of benzene rings is 9. The fourth-order valence-electron chi connectivity index (χ4n) is 9.41. The molecule has 1 aliphatic rings. The van der Waals surface area contributed by atoms with E-state index < -0.39 is 0 Å². The van der Waals surface area contributed by atoms with Crippen LogP contribution in [0.5, 0.6) is 0 Å². The number of nitrogens with zero attached hydrogens (tertiary/aromatic N) is 2. The van der Waals surface area contributed by atoms with Crippen LogP contribution in [0, 0.1) is 0 Å². The molecule has 0 saturated heterocycles. The molecular formula is C55H40N2. The first-order valence-electron chi connectivity index (χ1n) is 19.9. The van der Waals surface area contributed by atoms with Crippen molar-refractivity contribution >= 4 is 49.6 Å². The van der Waals surface area contributed by atoms with E-state index in [1.807, 2.05) is 0 Å². The summed E-state index contributed by atoms with van der Waals surface area (Å²) >= 11 is 0. The third kappa shape index (κ3) is 5.25. The molecule has 0 N–H and O–H groups in total. The van der Waals surface area contributed by atoms with Gasteiger partial charge in [-0.3, -0.25) is 0 Å². The molecule has 0 spiro atoms. The van der Waals surface area contributed by atoms with Gasteiger partial charge in [0.15, 0.2) is 0 Å². The smallest absolute Gasteiger partial charge is 0.0541 e. The van der Waals surface area contributed by atoms with Crippen LogP contribution in [0.3, 0.4) is 0 Å². The lowest BCUT2D eigenvalue weighted by Gasteiger charge is -2.26. The molecule has 1 aliphatic carbocycles. The Morgan fingerprint density at radius 3 is 1.65 bits per heavy atom. The maximum Gasteiger partial charge on any atom is 0.0541 e. The van der Waals surface area contributed by atoms with Crippen molar-refractivity contribution in [3.63, 3.8) is 0 Å². The SMILES string of the molecule is CC1(C)c2ccccc2-c2c1cc(-c1ccc(N(c3ccccc3)c3ccc(-c4ccc5c(c4)c4ccccc4n5-c4ccccc4)cc3)cc1)c1ccccc21. The van der Waals surface area contributed by atoms with Gasteiger partial charge >= 0.3 is 0 Å². The fourth-order valence-corrected chi connectivity index (χ4v) is 9.41. The topological polar surface area (TPSA) is 8.17 Å². The van der Waals surface area contributed by atoms with Gasteiger partial charge in [-0.05, 0) is 128 Å². The number of anilines is 3. The lowest BCUT2D eigenvalue weighted by Crippen LogP contribution is -2.15. The Hall–Kier alpha value is -7.16. The molecule has 270 valence electrons. The summed E-state index contributed by atoms with van der Waals surface area (Å²) in [5, 5.41) is 5.12. The van der Waals surface area contributed by atoms with Crippen molar-refractivity contribution in [3.8, 4) is 39.1 Å². The Labute approximate surface area is 333 Å². The molecular weight excluding hydrogens is 689 g/mol. The van der Waals surface area contributed by atoms with E-state index in [2.05, 4.69) is 230 Å². The Balaban J connectivity index is 0.972. The summed E-state index contributed by atoms with van der Waals surface area (Å²) in [5.41, 5.74) is 17.3. The van der Waals surface area contributed by atoms with Crippen LogP contribution in [0.1, 0.15) is 25.0 Å². The molecule has 0 unspecified atom stereocenters. The van der Waals surface area contributed by atoms with Gasteiger partial charge in [-0.2, -0.15) is 0 Å². The second-order valence-electron chi connectivity index (χ2n) is 15.7. The van der Waals surface area contributed by atoms with E-state index in [0.717, 1.165) is 17.1 Å². The van der Waals surface area contributed by atoms with Crippen LogP contribution >= 0.6 is 0 Å². The molecule has 1 heterocycles. The van der Waals surface area contributed by atoms with Crippen molar-refractivity contribution in [2.75, 3.05) is 4.90 Å². The second-order valence-corrected chi connectivity index (χ2v) is 15.7. The zero-order valence-electron chi connectivity index (χ0n) is 32.0. The van der Waals surface area contributed by atoms with Gasteiger partial charge in [-0.1, -0.05) is 147 Å². The van der Waals surface area contributed by atoms with Gasteiger partial charge in [0.1, 0.15) is 0 Å². The highest BCUT2D eigenvalue weighted by atomic mass is 15.1. The number of rotatable bonds is 6. The number of para-hydroxylation sites is 3. The maximum atomic E-state index is 2.46. The molecule has 0 aliphatic heterocycles. The largest absolute Gasteiger partial charge is 0.311 e. The summed E-state index contributed by atoms with van der Waals surface area (Å²) < 4.78 is 2.37. The molecule has 2 nitrogen and oxygen atoms in total. The minimum Gasteiger partial charge on any atom is -0.311 e. The summed E-state index contributed by atoms with van der Waals surface area (Å²) in [6.07, 6.45) is 0. The Kier molecular flexibility index (Phi) is 7.55. The predicted molar refractivity (Wildman–Crippen MR) is 241 cm³/mol. The van der Waals surface area contributed by atoms with E-state index in [1.54, 1.807) is 0 Å². The van der Waals surface area contributed by atoms with Gasteiger partial charge in [-0.15, -0.1) is 0 Å². The Bertz CT molecular complexity index is 3120. The van der Waals surface area contributed by atoms with Crippen LogP contribution < -0.4 is 4.90 Å². The summed E-state index contributed by atoms with van der Waals surface area (Å²) in [4.78, 5) is 2.35. The van der Waals surface area contributed by atoms with E-state index in [1.165, 1.54) is 82.8 Å². The van der Waals surface area contributed by atoms with Gasteiger partial charge in [0.2, 0.25) is 0 Å². The quantitative estimate of drug-likeness (QED) is 0.165. The van der Waals surface area contributed by atoms with E-state index in [9.17, 15) is 0 Å². The molecule has 0 amide bonds. The Morgan fingerprint density at radius 1 is 0.368 bits per heavy atom. The standard InChI is InChI=1S/C55H40N2/c1-55(2)50-23-13-11-22-47(50)54-46-21-10-9-19-44(46)48(36-51(54)55)38-27-32-43(33-28-38)56(40-15-5-3-6-16-40)42-30-25-37(26-31-42)39-29-34-53-49(35-39)45-20-12-14-24-52(45)57(53)41-17-7-4-8-18-41/h3-36H,1-2H3. The van der Waals surface area contributed by atoms with E-state index >= 15 is 0 Å². The normalized spacial score (nSPS) is 12.9. The van der Waals surface area contributed by atoms with Gasteiger partial charge < -0.3 is 9.47 Å². The zero-order chi connectivity index (χ0) is 38.1. The molecule has 1 aromatic heterocycles. The molecule has 10 aromatic rings. The first kappa shape index (κ1) is 33.2. The van der Waals surface area contributed by atoms with Crippen molar-refractivity contribution in [1.82, 2.24) is 4.57 Å². The molecule has 0 saturated carbocycles. The van der Waals surface area contributed by atoms with Crippen LogP contribution in [-0.2, 0) is 5.41 Å². The summed E-state index contributed by atoms with van der Waals surface area (Å²) in [7, 11) is 0. The molecule has 9 aromatic carbocycles. The predicted octanol–water partition coefficient (Wildman–Crippen LogP) is 15.0. The van der Waals surface area contributed by atoms with Crippen molar-refractivity contribution in [2.24, 2.45) is 0 Å². The fraction of sp³-hybridized carbons (Fsp3) is 0.0545. The second kappa shape index (κ2) is 13.0. The van der Waals surface area contributed by atoms with Crippen LogP contribution in [0.25, 0.3) is 71.6 Å². The van der Waals surface area contributed by atoms with Crippen LogP contribution in [0.2, 0.25) is 0 Å². The summed E-state index contributed by atoms with van der Waals surface area (Å²) in [6, 6.07) is 75.4. The van der Waals surface area contributed by atoms with E-state index in [4.69, 9.17) is 0 Å². The van der Waals surface area contributed by atoms with Gasteiger partial charge in [0.05, 0.1) is 11.0 Å². The minimum absolute atomic E-state index is 0.0757. The summed E-state index contributed by atoms with van der Waals surface area (Å²) in [6.45, 7) is 4.73. The number of aromatic nitrogens is 1. The first-order valence-corrected chi connectivity index (χ1v) is 19.9. The molecule has 2 heteroatoms. The van der Waals surface area contributed by atoms with E-state index in [0.29, 0.717) is 0 Å². The monoisotopic (exact) mass is 728 g/mol.